The summed E-state index contributed by atoms with van der Waals surface area (Å²) in [5.41, 5.74) is 1.94. The first-order valence-corrected chi connectivity index (χ1v) is 8.13. The third-order valence-corrected chi connectivity index (χ3v) is 4.30. The third kappa shape index (κ3) is 4.08. The van der Waals surface area contributed by atoms with Crippen LogP contribution in [0.15, 0.2) is 34.9 Å². The fourth-order valence-corrected chi connectivity index (χ4v) is 2.97. The van der Waals surface area contributed by atoms with Crippen LogP contribution in [0.3, 0.4) is 0 Å². The van der Waals surface area contributed by atoms with Crippen molar-refractivity contribution in [3.8, 4) is 11.3 Å². The number of hydrogen-bond donors (Lipinski definition) is 0. The van der Waals surface area contributed by atoms with Crippen molar-refractivity contribution in [2.75, 3.05) is 19.6 Å². The highest BCUT2D eigenvalue weighted by Crippen LogP contribution is 2.22. The monoisotopic (exact) mass is 304 g/mol. The first-order valence-electron chi connectivity index (χ1n) is 7.75. The minimum absolute atomic E-state index is 0.740. The second-order valence-electron chi connectivity index (χ2n) is 5.69. The Morgan fingerprint density at radius 3 is 2.62 bits per heavy atom. The standard InChI is InChI=1S/C17H21ClN2O/c18-15-8-6-14(7-9-15)17-13-16(21-19-17)5-4-12-20-10-2-1-3-11-20/h6-9,13H,1-5,10-12H2. The smallest absolute Gasteiger partial charge is 0.137 e. The van der Waals surface area contributed by atoms with E-state index >= 15 is 0 Å². The second kappa shape index (κ2) is 7.10. The fourth-order valence-electron chi connectivity index (χ4n) is 2.85. The number of nitrogens with zero attached hydrogens (tertiary/aromatic N) is 2. The molecule has 2 aromatic rings. The molecular weight excluding hydrogens is 284 g/mol. The number of hydrogen-bond acceptors (Lipinski definition) is 3. The lowest BCUT2D eigenvalue weighted by molar-refractivity contribution is 0.224. The molecule has 0 atom stereocenters. The van der Waals surface area contributed by atoms with Crippen molar-refractivity contribution >= 4 is 11.6 Å². The molecule has 2 heterocycles. The van der Waals surface area contributed by atoms with Crippen LogP contribution < -0.4 is 0 Å². The summed E-state index contributed by atoms with van der Waals surface area (Å²) < 4.78 is 5.44. The van der Waals surface area contributed by atoms with Gasteiger partial charge < -0.3 is 9.42 Å². The summed E-state index contributed by atoms with van der Waals surface area (Å²) in [4.78, 5) is 2.56. The Balaban J connectivity index is 1.51. The SMILES string of the molecule is Clc1ccc(-c2cc(CCCN3CCCCC3)on2)cc1. The van der Waals surface area contributed by atoms with Crippen LogP contribution in [0.4, 0.5) is 0 Å². The number of aromatic nitrogens is 1. The molecule has 112 valence electrons. The summed E-state index contributed by atoms with van der Waals surface area (Å²) in [5, 5.41) is 4.89. The summed E-state index contributed by atoms with van der Waals surface area (Å²) in [6.07, 6.45) is 6.18. The van der Waals surface area contributed by atoms with Crippen LogP contribution in [0.25, 0.3) is 11.3 Å². The van der Waals surface area contributed by atoms with Crippen molar-refractivity contribution in [2.24, 2.45) is 0 Å². The molecule has 1 saturated heterocycles. The van der Waals surface area contributed by atoms with Gasteiger partial charge in [-0.05, 0) is 51.0 Å². The van der Waals surface area contributed by atoms with E-state index in [0.29, 0.717) is 0 Å². The minimum atomic E-state index is 0.740. The first kappa shape index (κ1) is 14.6. The maximum Gasteiger partial charge on any atom is 0.137 e. The number of piperidine rings is 1. The van der Waals surface area contributed by atoms with Gasteiger partial charge in [-0.25, -0.2) is 0 Å². The predicted octanol–water partition coefficient (Wildman–Crippen LogP) is 4.41. The molecule has 1 aliphatic heterocycles. The summed E-state index contributed by atoms with van der Waals surface area (Å²) in [6, 6.07) is 9.73. The van der Waals surface area contributed by atoms with E-state index in [1.54, 1.807) is 0 Å². The molecule has 0 N–H and O–H groups in total. The Labute approximate surface area is 130 Å². The lowest BCUT2D eigenvalue weighted by Gasteiger charge is -2.25. The molecular formula is C17H21ClN2O. The van der Waals surface area contributed by atoms with Gasteiger partial charge >= 0.3 is 0 Å². The number of halogens is 1. The van der Waals surface area contributed by atoms with Gasteiger partial charge in [0.25, 0.3) is 0 Å². The Bertz CT molecular complexity index is 558. The molecule has 0 amide bonds. The molecule has 0 saturated carbocycles. The molecule has 4 heteroatoms. The highest BCUT2D eigenvalue weighted by molar-refractivity contribution is 6.30. The zero-order valence-corrected chi connectivity index (χ0v) is 13.0. The van der Waals surface area contributed by atoms with E-state index in [0.717, 1.165) is 41.4 Å². The average molecular weight is 305 g/mol. The van der Waals surface area contributed by atoms with E-state index in [1.807, 2.05) is 30.3 Å². The van der Waals surface area contributed by atoms with Gasteiger partial charge in [0.15, 0.2) is 0 Å². The Morgan fingerprint density at radius 2 is 1.86 bits per heavy atom. The molecule has 0 bridgehead atoms. The van der Waals surface area contributed by atoms with Crippen molar-refractivity contribution in [1.29, 1.82) is 0 Å². The summed E-state index contributed by atoms with van der Waals surface area (Å²) in [7, 11) is 0. The van der Waals surface area contributed by atoms with Crippen molar-refractivity contribution in [2.45, 2.75) is 32.1 Å². The topological polar surface area (TPSA) is 29.3 Å². The largest absolute Gasteiger partial charge is 0.361 e. The fraction of sp³-hybridized carbons (Fsp3) is 0.471. The maximum atomic E-state index is 5.90. The zero-order chi connectivity index (χ0) is 14.5. The molecule has 21 heavy (non-hydrogen) atoms. The van der Waals surface area contributed by atoms with Gasteiger partial charge in [-0.1, -0.05) is 35.3 Å². The molecule has 1 aromatic carbocycles. The van der Waals surface area contributed by atoms with Gasteiger partial charge in [-0.15, -0.1) is 0 Å². The summed E-state index contributed by atoms with van der Waals surface area (Å²) >= 11 is 5.90. The molecule has 3 nitrogen and oxygen atoms in total. The van der Waals surface area contributed by atoms with Crippen molar-refractivity contribution in [3.63, 3.8) is 0 Å². The normalized spacial score (nSPS) is 16.2. The van der Waals surface area contributed by atoms with Crippen LogP contribution in [0, 0.1) is 0 Å². The van der Waals surface area contributed by atoms with Crippen LogP contribution in [-0.2, 0) is 6.42 Å². The molecule has 0 aliphatic carbocycles. The zero-order valence-electron chi connectivity index (χ0n) is 12.2. The second-order valence-corrected chi connectivity index (χ2v) is 6.13. The molecule has 0 radical (unpaired) electrons. The van der Waals surface area contributed by atoms with Gasteiger partial charge in [0, 0.05) is 23.1 Å². The maximum absolute atomic E-state index is 5.90. The molecule has 1 aliphatic rings. The van der Waals surface area contributed by atoms with Gasteiger partial charge in [-0.2, -0.15) is 0 Å². The molecule has 1 aromatic heterocycles. The number of aryl methyl sites for hydroxylation is 1. The van der Waals surface area contributed by atoms with Gasteiger partial charge in [0.2, 0.25) is 0 Å². The minimum Gasteiger partial charge on any atom is -0.361 e. The number of benzene rings is 1. The van der Waals surface area contributed by atoms with E-state index in [1.165, 1.54) is 32.4 Å². The quantitative estimate of drug-likeness (QED) is 0.819. The van der Waals surface area contributed by atoms with Crippen LogP contribution in [0.2, 0.25) is 5.02 Å². The van der Waals surface area contributed by atoms with Gasteiger partial charge in [-0.3, -0.25) is 0 Å². The van der Waals surface area contributed by atoms with E-state index in [-0.39, 0.29) is 0 Å². The highest BCUT2D eigenvalue weighted by Gasteiger charge is 2.11. The van der Waals surface area contributed by atoms with Crippen molar-refractivity contribution in [1.82, 2.24) is 10.1 Å². The Morgan fingerprint density at radius 1 is 1.10 bits per heavy atom. The summed E-state index contributed by atoms with van der Waals surface area (Å²) in [5.74, 6) is 0.969. The molecule has 0 spiro atoms. The lowest BCUT2D eigenvalue weighted by atomic mass is 10.1. The Kier molecular flexibility index (Phi) is 4.94. The van der Waals surface area contributed by atoms with Crippen molar-refractivity contribution in [3.05, 3.63) is 41.1 Å². The molecule has 3 rings (SSSR count). The third-order valence-electron chi connectivity index (χ3n) is 4.05. The lowest BCUT2D eigenvalue weighted by Crippen LogP contribution is -2.30. The number of rotatable bonds is 5. The van der Waals surface area contributed by atoms with E-state index in [9.17, 15) is 0 Å². The van der Waals surface area contributed by atoms with Crippen LogP contribution >= 0.6 is 11.6 Å². The van der Waals surface area contributed by atoms with Crippen LogP contribution in [0.1, 0.15) is 31.4 Å². The predicted molar refractivity (Wildman–Crippen MR) is 85.6 cm³/mol. The van der Waals surface area contributed by atoms with E-state index < -0.39 is 0 Å². The molecule has 0 unspecified atom stereocenters. The van der Waals surface area contributed by atoms with E-state index in [2.05, 4.69) is 10.1 Å². The summed E-state index contributed by atoms with van der Waals surface area (Å²) in [6.45, 7) is 3.68. The number of likely N-dealkylation sites (tertiary alicyclic amines) is 1. The first-order chi connectivity index (χ1) is 10.3. The van der Waals surface area contributed by atoms with Crippen LogP contribution in [-0.4, -0.2) is 29.7 Å². The van der Waals surface area contributed by atoms with Crippen molar-refractivity contribution < 1.29 is 4.52 Å². The van der Waals surface area contributed by atoms with Gasteiger partial charge in [0.1, 0.15) is 11.5 Å². The highest BCUT2D eigenvalue weighted by atomic mass is 35.5. The van der Waals surface area contributed by atoms with Crippen LogP contribution in [0.5, 0.6) is 0 Å². The Hall–Kier alpha value is -1.32. The van der Waals surface area contributed by atoms with E-state index in [4.69, 9.17) is 16.1 Å². The average Bonchev–Trinajstić information content (AvgIpc) is 2.98. The molecule has 1 fully saturated rings. The van der Waals surface area contributed by atoms with Gasteiger partial charge in [0.05, 0.1) is 0 Å².